The lowest BCUT2D eigenvalue weighted by Gasteiger charge is -2.15. The van der Waals surface area contributed by atoms with Gasteiger partial charge in [0.1, 0.15) is 9.88 Å². The maximum absolute atomic E-state index is 12.5. The fourth-order valence-corrected chi connectivity index (χ4v) is 3.47. The number of rotatable bonds is 5. The lowest BCUT2D eigenvalue weighted by molar-refractivity contribution is 0.0800. The van der Waals surface area contributed by atoms with Gasteiger partial charge in [-0.3, -0.25) is 4.79 Å². The van der Waals surface area contributed by atoms with Crippen LogP contribution in [-0.2, 0) is 0 Å². The highest BCUT2D eigenvalue weighted by atomic mass is 32.1. The van der Waals surface area contributed by atoms with E-state index in [1.807, 2.05) is 21.0 Å². The molecule has 0 saturated carbocycles. The van der Waals surface area contributed by atoms with E-state index in [9.17, 15) is 4.79 Å². The van der Waals surface area contributed by atoms with Gasteiger partial charge in [0.25, 0.3) is 5.91 Å². The predicted molar refractivity (Wildman–Crippen MR) is 92.6 cm³/mol. The fourth-order valence-electron chi connectivity index (χ4n) is 2.32. The maximum Gasteiger partial charge on any atom is 0.265 e. The van der Waals surface area contributed by atoms with Crippen molar-refractivity contribution in [2.75, 3.05) is 27.2 Å². The monoisotopic (exact) mass is 317 g/mol. The number of carbonyl (C=O) groups is 1. The molecule has 2 rings (SSSR count). The normalized spacial score (nSPS) is 10.8. The predicted octanol–water partition coefficient (Wildman–Crippen LogP) is 3.03. The van der Waals surface area contributed by atoms with Gasteiger partial charge in [-0.2, -0.15) is 0 Å². The Bertz CT molecular complexity index is 679. The van der Waals surface area contributed by atoms with Crippen LogP contribution in [-0.4, -0.2) is 43.0 Å². The number of nitrogens with one attached hydrogen (secondary N) is 1. The SMILES string of the molecule is CNCCN(C)C(=O)c1sc(-c2ccc(C)cc2C)nc1C. The molecule has 4 nitrogen and oxygen atoms in total. The molecule has 118 valence electrons. The van der Waals surface area contributed by atoms with Crippen molar-refractivity contribution in [3.8, 4) is 10.6 Å². The summed E-state index contributed by atoms with van der Waals surface area (Å²) in [6, 6.07) is 6.31. The van der Waals surface area contributed by atoms with E-state index in [0.717, 1.165) is 27.7 Å². The third kappa shape index (κ3) is 3.54. The summed E-state index contributed by atoms with van der Waals surface area (Å²) in [4.78, 5) is 19.6. The van der Waals surface area contributed by atoms with E-state index in [2.05, 4.69) is 42.3 Å². The van der Waals surface area contributed by atoms with Gasteiger partial charge in [0, 0.05) is 25.7 Å². The van der Waals surface area contributed by atoms with Crippen LogP contribution in [0.5, 0.6) is 0 Å². The molecule has 0 bridgehead atoms. The van der Waals surface area contributed by atoms with E-state index in [1.165, 1.54) is 22.5 Å². The number of thiazole rings is 1. The van der Waals surface area contributed by atoms with Crippen molar-refractivity contribution in [3.63, 3.8) is 0 Å². The minimum absolute atomic E-state index is 0.0428. The summed E-state index contributed by atoms with van der Waals surface area (Å²) in [5.41, 5.74) is 4.34. The molecule has 0 aliphatic heterocycles. The van der Waals surface area contributed by atoms with Crippen LogP contribution in [0.4, 0.5) is 0 Å². The van der Waals surface area contributed by atoms with Crippen LogP contribution < -0.4 is 5.32 Å². The Labute approximate surface area is 136 Å². The highest BCUT2D eigenvalue weighted by Crippen LogP contribution is 2.31. The summed E-state index contributed by atoms with van der Waals surface area (Å²) in [6.45, 7) is 7.54. The van der Waals surface area contributed by atoms with E-state index in [-0.39, 0.29) is 5.91 Å². The van der Waals surface area contributed by atoms with Crippen LogP contribution in [0.2, 0.25) is 0 Å². The van der Waals surface area contributed by atoms with Crippen molar-refractivity contribution < 1.29 is 4.79 Å². The number of nitrogens with zero attached hydrogens (tertiary/aromatic N) is 2. The first kappa shape index (κ1) is 16.6. The maximum atomic E-state index is 12.5. The van der Waals surface area contributed by atoms with Crippen molar-refractivity contribution in [1.82, 2.24) is 15.2 Å². The van der Waals surface area contributed by atoms with Crippen molar-refractivity contribution >= 4 is 17.2 Å². The third-order valence-corrected chi connectivity index (χ3v) is 4.83. The van der Waals surface area contributed by atoms with E-state index in [1.54, 1.807) is 4.90 Å². The zero-order valence-electron chi connectivity index (χ0n) is 13.9. The number of hydrogen-bond donors (Lipinski definition) is 1. The molecule has 0 aliphatic carbocycles. The second-order valence-corrected chi connectivity index (χ2v) is 6.58. The van der Waals surface area contributed by atoms with Crippen LogP contribution in [0.15, 0.2) is 18.2 Å². The standard InChI is InChI=1S/C17H23N3OS/c1-11-6-7-14(12(2)10-11)16-19-13(3)15(22-16)17(21)20(5)9-8-18-4/h6-7,10,18H,8-9H2,1-5H3. The summed E-state index contributed by atoms with van der Waals surface area (Å²) in [6.07, 6.45) is 0. The van der Waals surface area contributed by atoms with Crippen molar-refractivity contribution in [1.29, 1.82) is 0 Å². The number of benzene rings is 1. The average molecular weight is 317 g/mol. The molecule has 0 atom stereocenters. The molecule has 2 aromatic rings. The minimum atomic E-state index is 0.0428. The number of likely N-dealkylation sites (N-methyl/N-ethyl adjacent to an activating group) is 2. The summed E-state index contributed by atoms with van der Waals surface area (Å²) in [5.74, 6) is 0.0428. The molecule has 1 aromatic heterocycles. The van der Waals surface area contributed by atoms with Crippen molar-refractivity contribution in [2.24, 2.45) is 0 Å². The lowest BCUT2D eigenvalue weighted by Crippen LogP contribution is -2.32. The van der Waals surface area contributed by atoms with Gasteiger partial charge in [0.2, 0.25) is 0 Å². The van der Waals surface area contributed by atoms with Gasteiger partial charge < -0.3 is 10.2 Å². The zero-order chi connectivity index (χ0) is 16.3. The van der Waals surface area contributed by atoms with Crippen LogP contribution in [0.1, 0.15) is 26.5 Å². The molecule has 1 aromatic carbocycles. The fraction of sp³-hybridized carbons (Fsp3) is 0.412. The van der Waals surface area contributed by atoms with Crippen LogP contribution in [0.3, 0.4) is 0 Å². The summed E-state index contributed by atoms with van der Waals surface area (Å²) < 4.78 is 0. The van der Waals surface area contributed by atoms with Crippen molar-refractivity contribution in [2.45, 2.75) is 20.8 Å². The first-order chi connectivity index (χ1) is 10.4. The van der Waals surface area contributed by atoms with Gasteiger partial charge in [-0.15, -0.1) is 11.3 Å². The molecule has 1 amide bonds. The Morgan fingerprint density at radius 1 is 1.32 bits per heavy atom. The van der Waals surface area contributed by atoms with Gasteiger partial charge >= 0.3 is 0 Å². The smallest absolute Gasteiger partial charge is 0.265 e. The van der Waals surface area contributed by atoms with E-state index in [0.29, 0.717) is 6.54 Å². The van der Waals surface area contributed by atoms with Gasteiger partial charge in [0.05, 0.1) is 5.69 Å². The first-order valence-corrected chi connectivity index (χ1v) is 8.20. The summed E-state index contributed by atoms with van der Waals surface area (Å²) in [7, 11) is 3.71. The first-order valence-electron chi connectivity index (χ1n) is 7.39. The second-order valence-electron chi connectivity index (χ2n) is 5.58. The molecule has 0 spiro atoms. The molecular weight excluding hydrogens is 294 g/mol. The van der Waals surface area contributed by atoms with Gasteiger partial charge in [-0.1, -0.05) is 23.8 Å². The Balaban J connectivity index is 2.29. The number of aryl methyl sites for hydroxylation is 3. The number of aromatic nitrogens is 1. The quantitative estimate of drug-likeness (QED) is 0.922. The molecule has 1 N–H and O–H groups in total. The number of hydrogen-bond acceptors (Lipinski definition) is 4. The van der Waals surface area contributed by atoms with Gasteiger partial charge in [0.15, 0.2) is 0 Å². The molecule has 0 saturated heterocycles. The van der Waals surface area contributed by atoms with Gasteiger partial charge in [-0.25, -0.2) is 4.98 Å². The van der Waals surface area contributed by atoms with Crippen LogP contribution in [0, 0.1) is 20.8 Å². The Kier molecular flexibility index (Phi) is 5.32. The molecule has 1 heterocycles. The third-order valence-electron chi connectivity index (χ3n) is 3.65. The zero-order valence-corrected chi connectivity index (χ0v) is 14.7. The van der Waals surface area contributed by atoms with E-state index in [4.69, 9.17) is 0 Å². The Morgan fingerprint density at radius 2 is 2.05 bits per heavy atom. The molecule has 0 radical (unpaired) electrons. The molecule has 5 heteroatoms. The Morgan fingerprint density at radius 3 is 2.68 bits per heavy atom. The molecule has 0 unspecified atom stereocenters. The van der Waals surface area contributed by atoms with Crippen LogP contribution >= 0.6 is 11.3 Å². The van der Waals surface area contributed by atoms with Gasteiger partial charge in [-0.05, 0) is 33.4 Å². The highest BCUT2D eigenvalue weighted by Gasteiger charge is 2.19. The number of amides is 1. The van der Waals surface area contributed by atoms with Crippen molar-refractivity contribution in [3.05, 3.63) is 39.9 Å². The topological polar surface area (TPSA) is 45.2 Å². The largest absolute Gasteiger partial charge is 0.340 e. The number of carbonyl (C=O) groups excluding carboxylic acids is 1. The average Bonchev–Trinajstić information content (AvgIpc) is 2.85. The Hall–Kier alpha value is -1.72. The molecule has 0 aliphatic rings. The lowest BCUT2D eigenvalue weighted by atomic mass is 10.1. The summed E-state index contributed by atoms with van der Waals surface area (Å²) in [5, 5.41) is 3.97. The molecule has 0 fully saturated rings. The minimum Gasteiger partial charge on any atom is -0.340 e. The molecular formula is C17H23N3OS. The molecule has 22 heavy (non-hydrogen) atoms. The highest BCUT2D eigenvalue weighted by molar-refractivity contribution is 7.17. The summed E-state index contributed by atoms with van der Waals surface area (Å²) >= 11 is 1.48. The van der Waals surface area contributed by atoms with E-state index < -0.39 is 0 Å². The second kappa shape index (κ2) is 7.03. The van der Waals surface area contributed by atoms with Crippen LogP contribution in [0.25, 0.3) is 10.6 Å². The van der Waals surface area contributed by atoms with E-state index >= 15 is 0 Å².